The third-order valence-corrected chi connectivity index (χ3v) is 9.26. The predicted molar refractivity (Wildman–Crippen MR) is 167 cm³/mol. The zero-order chi connectivity index (χ0) is 31.4. The number of nitrogens with one attached hydrogen (secondary N) is 1. The van der Waals surface area contributed by atoms with E-state index in [-0.39, 0.29) is 41.3 Å². The first-order valence-electron chi connectivity index (χ1n) is 15.3. The summed E-state index contributed by atoms with van der Waals surface area (Å²) in [6.45, 7) is 8.96. The van der Waals surface area contributed by atoms with Gasteiger partial charge in [-0.3, -0.25) is 19.4 Å². The lowest BCUT2D eigenvalue weighted by molar-refractivity contribution is -0.137. The molecule has 1 atom stereocenters. The van der Waals surface area contributed by atoms with Crippen LogP contribution in [0.3, 0.4) is 0 Å². The molecule has 4 rings (SSSR count). The number of benzene rings is 2. The summed E-state index contributed by atoms with van der Waals surface area (Å²) in [4.78, 5) is 45.0. The van der Waals surface area contributed by atoms with E-state index in [4.69, 9.17) is 21.7 Å². The zero-order valence-corrected chi connectivity index (χ0v) is 26.3. The Bertz CT molecular complexity index is 1360. The lowest BCUT2D eigenvalue weighted by Crippen LogP contribution is -2.51. The van der Waals surface area contributed by atoms with Crippen molar-refractivity contribution in [2.75, 3.05) is 6.54 Å². The highest BCUT2D eigenvalue weighted by Gasteiger charge is 2.52. The molecule has 1 heterocycles. The highest BCUT2D eigenvalue weighted by Crippen LogP contribution is 2.50. The number of nitrogens with zero attached hydrogens (tertiary/aromatic N) is 2. The number of carbonyl (C=O) groups is 3. The van der Waals surface area contributed by atoms with Gasteiger partial charge in [0.15, 0.2) is 0 Å². The molecule has 1 saturated carbocycles. The van der Waals surface area contributed by atoms with Crippen LogP contribution in [0.15, 0.2) is 47.5 Å². The predicted octanol–water partition coefficient (Wildman–Crippen LogP) is 7.57. The van der Waals surface area contributed by atoms with Crippen molar-refractivity contribution in [1.82, 2.24) is 10.2 Å². The number of unbranched alkanes of at least 4 members (excludes halogenated alkanes) is 2. The third kappa shape index (κ3) is 7.46. The van der Waals surface area contributed by atoms with Gasteiger partial charge in [-0.05, 0) is 79.3 Å². The smallest absolute Gasteiger partial charge is 0.305 e. The van der Waals surface area contributed by atoms with E-state index in [9.17, 15) is 18.8 Å². The van der Waals surface area contributed by atoms with Crippen LogP contribution in [0.25, 0.3) is 0 Å². The third-order valence-electron chi connectivity index (χ3n) is 8.97. The van der Waals surface area contributed by atoms with Gasteiger partial charge in [0, 0.05) is 17.7 Å². The SMILES string of the molecule is CCCCC[C@H](c1ccc(C(=O)NCCC(=O)O)cc1)N1C(=O)C(c2ccc(F)c(Cl)c2)=NC12CCC(C(C)(C)C)CC2. The number of halogens is 2. The maximum absolute atomic E-state index is 14.4. The minimum Gasteiger partial charge on any atom is -0.481 e. The average molecular weight is 612 g/mol. The Balaban J connectivity index is 1.71. The number of aliphatic carboxylic acids is 1. The molecule has 2 aliphatic rings. The number of rotatable bonds is 11. The van der Waals surface area contributed by atoms with Crippen LogP contribution in [0.1, 0.15) is 113 Å². The van der Waals surface area contributed by atoms with Crippen molar-refractivity contribution in [3.05, 3.63) is 70.0 Å². The fraction of sp³-hybridized carbons (Fsp3) is 0.529. The molecule has 0 radical (unpaired) electrons. The molecule has 2 amide bonds. The van der Waals surface area contributed by atoms with Crippen molar-refractivity contribution in [1.29, 1.82) is 0 Å². The van der Waals surface area contributed by atoms with Crippen molar-refractivity contribution in [3.8, 4) is 0 Å². The number of carbonyl (C=O) groups excluding carboxylic acids is 2. The van der Waals surface area contributed by atoms with E-state index < -0.39 is 17.4 Å². The van der Waals surface area contributed by atoms with Crippen molar-refractivity contribution >= 4 is 35.1 Å². The van der Waals surface area contributed by atoms with Gasteiger partial charge < -0.3 is 15.3 Å². The molecular formula is C34H43ClFN3O4. The van der Waals surface area contributed by atoms with Gasteiger partial charge in [-0.2, -0.15) is 0 Å². The van der Waals surface area contributed by atoms with Crippen LogP contribution in [-0.4, -0.2) is 45.7 Å². The number of amides is 2. The number of hydrogen-bond donors (Lipinski definition) is 2. The van der Waals surface area contributed by atoms with Crippen LogP contribution in [0.4, 0.5) is 4.39 Å². The van der Waals surface area contributed by atoms with E-state index in [0.717, 1.165) is 56.9 Å². The molecule has 7 nitrogen and oxygen atoms in total. The number of aliphatic imine (C=N–C) groups is 1. The highest BCUT2D eigenvalue weighted by atomic mass is 35.5. The minimum absolute atomic E-state index is 0.0451. The topological polar surface area (TPSA) is 99.1 Å². The fourth-order valence-electron chi connectivity index (χ4n) is 6.45. The van der Waals surface area contributed by atoms with Gasteiger partial charge in [0.1, 0.15) is 17.2 Å². The largest absolute Gasteiger partial charge is 0.481 e. The molecule has 0 aromatic heterocycles. The summed E-state index contributed by atoms with van der Waals surface area (Å²) < 4.78 is 14.1. The minimum atomic E-state index is -0.976. The molecule has 1 aliphatic heterocycles. The second-order valence-corrected chi connectivity index (χ2v) is 13.3. The molecule has 0 saturated heterocycles. The molecule has 232 valence electrons. The molecule has 1 fully saturated rings. The molecule has 2 aromatic carbocycles. The normalized spacial score (nSPS) is 21.2. The summed E-state index contributed by atoms with van der Waals surface area (Å²) in [6.07, 6.45) is 6.88. The highest BCUT2D eigenvalue weighted by molar-refractivity contribution is 6.47. The average Bonchev–Trinajstić information content (AvgIpc) is 3.23. The van der Waals surface area contributed by atoms with Gasteiger partial charge in [-0.25, -0.2) is 4.39 Å². The molecule has 43 heavy (non-hydrogen) atoms. The molecule has 0 unspecified atom stereocenters. The number of hydrogen-bond acceptors (Lipinski definition) is 4. The van der Waals surface area contributed by atoms with Crippen molar-refractivity contribution in [2.45, 2.75) is 97.2 Å². The van der Waals surface area contributed by atoms with Crippen LogP contribution in [0.5, 0.6) is 0 Å². The Morgan fingerprint density at radius 3 is 2.40 bits per heavy atom. The molecule has 1 spiro atoms. The lowest BCUT2D eigenvalue weighted by Gasteiger charge is -2.47. The standard InChI is InChI=1S/C34H43ClFN3O4/c1-5-6-7-8-28(22-9-11-23(12-10-22)31(42)37-20-17-29(40)41)39-32(43)30(24-13-14-27(36)26(35)21-24)38-34(39)18-15-25(16-19-34)33(2,3)4/h9-14,21,25,28H,5-8,15-20H2,1-4H3,(H,37,42)(H,40,41)/t25?,28-,34?/m1/s1. The van der Waals surface area contributed by atoms with Gasteiger partial charge in [-0.1, -0.05) is 70.7 Å². The first-order valence-corrected chi connectivity index (χ1v) is 15.7. The number of carboxylic acid groups (broad SMARTS) is 1. The summed E-state index contributed by atoms with van der Waals surface area (Å²) in [5.74, 6) is -1.54. The van der Waals surface area contributed by atoms with Crippen LogP contribution in [0, 0.1) is 17.2 Å². The van der Waals surface area contributed by atoms with Gasteiger partial charge >= 0.3 is 5.97 Å². The van der Waals surface area contributed by atoms with E-state index in [1.807, 2.05) is 17.0 Å². The van der Waals surface area contributed by atoms with E-state index in [0.29, 0.717) is 22.8 Å². The fourth-order valence-corrected chi connectivity index (χ4v) is 6.63. The number of carboxylic acids is 1. The first kappa shape index (κ1) is 32.6. The molecule has 9 heteroatoms. The molecule has 0 bridgehead atoms. The molecular weight excluding hydrogens is 569 g/mol. The molecule has 2 N–H and O–H groups in total. The summed E-state index contributed by atoms with van der Waals surface area (Å²) in [7, 11) is 0. The summed E-state index contributed by atoms with van der Waals surface area (Å²) >= 11 is 6.14. The Morgan fingerprint density at radius 1 is 1.14 bits per heavy atom. The first-order chi connectivity index (χ1) is 20.4. The summed E-state index contributed by atoms with van der Waals surface area (Å²) in [6, 6.07) is 11.3. The maximum Gasteiger partial charge on any atom is 0.305 e. The van der Waals surface area contributed by atoms with Crippen molar-refractivity contribution < 1.29 is 23.9 Å². The van der Waals surface area contributed by atoms with Crippen LogP contribution >= 0.6 is 11.6 Å². The Kier molecular flexibility index (Phi) is 10.3. The van der Waals surface area contributed by atoms with Crippen LogP contribution in [0.2, 0.25) is 5.02 Å². The second kappa shape index (κ2) is 13.6. The van der Waals surface area contributed by atoms with Crippen molar-refractivity contribution in [2.24, 2.45) is 16.3 Å². The second-order valence-electron chi connectivity index (χ2n) is 12.9. The van der Waals surface area contributed by atoms with E-state index >= 15 is 0 Å². The van der Waals surface area contributed by atoms with Gasteiger partial charge in [0.2, 0.25) is 0 Å². The van der Waals surface area contributed by atoms with E-state index in [2.05, 4.69) is 33.0 Å². The zero-order valence-electron chi connectivity index (χ0n) is 25.6. The Morgan fingerprint density at radius 2 is 1.81 bits per heavy atom. The van der Waals surface area contributed by atoms with Gasteiger partial charge in [0.05, 0.1) is 17.5 Å². The summed E-state index contributed by atoms with van der Waals surface area (Å²) in [5.41, 5.74) is 1.58. The van der Waals surface area contributed by atoms with E-state index in [1.165, 1.54) is 12.1 Å². The summed E-state index contributed by atoms with van der Waals surface area (Å²) in [5, 5.41) is 11.5. The van der Waals surface area contributed by atoms with Crippen LogP contribution < -0.4 is 5.32 Å². The monoisotopic (exact) mass is 611 g/mol. The van der Waals surface area contributed by atoms with E-state index in [1.54, 1.807) is 18.2 Å². The maximum atomic E-state index is 14.4. The molecule has 2 aromatic rings. The Labute approximate surface area is 258 Å². The lowest BCUT2D eigenvalue weighted by atomic mass is 9.69. The molecule has 1 aliphatic carbocycles. The quantitative estimate of drug-likeness (QED) is 0.256. The van der Waals surface area contributed by atoms with Gasteiger partial charge in [-0.15, -0.1) is 0 Å². The van der Waals surface area contributed by atoms with Crippen molar-refractivity contribution in [3.63, 3.8) is 0 Å². The Hall–Kier alpha value is -3.26. The van der Waals surface area contributed by atoms with Gasteiger partial charge in [0.25, 0.3) is 11.8 Å². The van der Waals surface area contributed by atoms with Crippen LogP contribution in [-0.2, 0) is 9.59 Å².